The molecule has 0 aromatic carbocycles. The minimum Gasteiger partial charge on any atom is -0.372 e. The van der Waals surface area contributed by atoms with Gasteiger partial charge in [0, 0.05) is 13.1 Å². The largest absolute Gasteiger partial charge is 0.372 e. The number of ether oxygens (including phenoxy) is 1. The summed E-state index contributed by atoms with van der Waals surface area (Å²) in [6.45, 7) is 3.11. The van der Waals surface area contributed by atoms with E-state index in [0.717, 1.165) is 31.5 Å². The Bertz CT molecular complexity index is 186. The molecule has 1 aliphatic heterocycles. The lowest BCUT2D eigenvalue weighted by molar-refractivity contribution is -0.0999. The first-order valence-electron chi connectivity index (χ1n) is 5.24. The molecule has 3 rings (SSSR count). The van der Waals surface area contributed by atoms with E-state index in [0.29, 0.717) is 0 Å². The van der Waals surface area contributed by atoms with E-state index >= 15 is 0 Å². The highest BCUT2D eigenvalue weighted by atomic mass is 16.5. The fourth-order valence-corrected chi connectivity index (χ4v) is 3.46. The molecule has 0 unspecified atom stereocenters. The summed E-state index contributed by atoms with van der Waals surface area (Å²) in [5, 5.41) is 3.48. The van der Waals surface area contributed by atoms with Crippen LogP contribution < -0.4 is 5.32 Å². The molecule has 1 spiro atoms. The topological polar surface area (TPSA) is 21.3 Å². The number of rotatable bonds is 0. The third-order valence-corrected chi connectivity index (χ3v) is 4.01. The molecule has 3 atom stereocenters. The quantitative estimate of drug-likeness (QED) is 0.584. The van der Waals surface area contributed by atoms with Crippen LogP contribution in [0.15, 0.2) is 0 Å². The first-order valence-corrected chi connectivity index (χ1v) is 5.24. The van der Waals surface area contributed by atoms with Crippen molar-refractivity contribution in [2.45, 2.75) is 31.3 Å². The van der Waals surface area contributed by atoms with Gasteiger partial charge in [-0.2, -0.15) is 0 Å². The SMILES string of the molecule is C1CO[C@@]2(CN1)C[C@H]1CC[C@@H]2C1. The molecule has 68 valence electrons. The third kappa shape index (κ3) is 0.882. The summed E-state index contributed by atoms with van der Waals surface area (Å²) in [5.74, 6) is 1.88. The summed E-state index contributed by atoms with van der Waals surface area (Å²) in [6, 6.07) is 0. The lowest BCUT2D eigenvalue weighted by Crippen LogP contribution is -2.52. The number of hydrogen-bond donors (Lipinski definition) is 1. The van der Waals surface area contributed by atoms with Gasteiger partial charge in [-0.15, -0.1) is 0 Å². The molecule has 3 fully saturated rings. The average molecular weight is 167 g/mol. The standard InChI is InChI=1S/C10H17NO/c1-2-9-5-8(1)6-10(9)7-11-3-4-12-10/h8-9,11H,1-7H2/t8-,9+,10+/m0/s1. The molecule has 0 radical (unpaired) electrons. The Balaban J connectivity index is 1.81. The molecule has 3 aliphatic rings. The molecule has 2 saturated carbocycles. The normalized spacial score (nSPS) is 52.0. The van der Waals surface area contributed by atoms with Gasteiger partial charge in [0.15, 0.2) is 0 Å². The summed E-state index contributed by atoms with van der Waals surface area (Å²) in [4.78, 5) is 0. The van der Waals surface area contributed by atoms with E-state index in [1.807, 2.05) is 0 Å². The molecule has 2 nitrogen and oxygen atoms in total. The van der Waals surface area contributed by atoms with Crippen LogP contribution in [0.3, 0.4) is 0 Å². The monoisotopic (exact) mass is 167 g/mol. The van der Waals surface area contributed by atoms with Crippen LogP contribution in [0.1, 0.15) is 25.7 Å². The fraction of sp³-hybridized carbons (Fsp3) is 1.00. The highest BCUT2D eigenvalue weighted by Crippen LogP contribution is 2.52. The Kier molecular flexibility index (Phi) is 1.50. The molecule has 0 aromatic heterocycles. The van der Waals surface area contributed by atoms with Crippen LogP contribution in [0.4, 0.5) is 0 Å². The molecule has 2 aliphatic carbocycles. The Morgan fingerprint density at radius 2 is 2.33 bits per heavy atom. The number of morpholine rings is 1. The maximum atomic E-state index is 6.00. The van der Waals surface area contributed by atoms with Crippen molar-refractivity contribution in [2.75, 3.05) is 19.7 Å². The third-order valence-electron chi connectivity index (χ3n) is 4.01. The zero-order chi connectivity index (χ0) is 8.02. The lowest BCUT2D eigenvalue weighted by atomic mass is 9.83. The zero-order valence-electron chi connectivity index (χ0n) is 7.51. The van der Waals surface area contributed by atoms with Crippen LogP contribution in [0.25, 0.3) is 0 Å². The van der Waals surface area contributed by atoms with E-state index < -0.39 is 0 Å². The smallest absolute Gasteiger partial charge is 0.0837 e. The average Bonchev–Trinajstić information content (AvgIpc) is 2.65. The van der Waals surface area contributed by atoms with Crippen molar-refractivity contribution in [1.82, 2.24) is 5.32 Å². The molecule has 0 amide bonds. The predicted molar refractivity (Wildman–Crippen MR) is 47.0 cm³/mol. The zero-order valence-corrected chi connectivity index (χ0v) is 7.51. The van der Waals surface area contributed by atoms with Gasteiger partial charge in [0.25, 0.3) is 0 Å². The van der Waals surface area contributed by atoms with Crippen LogP contribution in [-0.2, 0) is 4.74 Å². The van der Waals surface area contributed by atoms with Crippen LogP contribution in [0.5, 0.6) is 0 Å². The van der Waals surface area contributed by atoms with E-state index in [4.69, 9.17) is 4.74 Å². The first-order chi connectivity index (χ1) is 5.89. The second-order valence-corrected chi connectivity index (χ2v) is 4.67. The minimum atomic E-state index is 0.279. The van der Waals surface area contributed by atoms with Gasteiger partial charge in [-0.05, 0) is 37.5 Å². The van der Waals surface area contributed by atoms with Gasteiger partial charge in [-0.1, -0.05) is 0 Å². The van der Waals surface area contributed by atoms with Crippen molar-refractivity contribution in [1.29, 1.82) is 0 Å². The molecular formula is C10H17NO. The Hall–Kier alpha value is -0.0800. The molecule has 2 heteroatoms. The Labute approximate surface area is 73.7 Å². The highest BCUT2D eigenvalue weighted by molar-refractivity contribution is 5.04. The van der Waals surface area contributed by atoms with Gasteiger partial charge in [0.05, 0.1) is 12.2 Å². The summed E-state index contributed by atoms with van der Waals surface area (Å²) in [5.41, 5.74) is 0.279. The van der Waals surface area contributed by atoms with Gasteiger partial charge in [-0.3, -0.25) is 0 Å². The van der Waals surface area contributed by atoms with Crippen LogP contribution in [0, 0.1) is 11.8 Å². The maximum Gasteiger partial charge on any atom is 0.0837 e. The number of fused-ring (bicyclic) bond motifs is 3. The van der Waals surface area contributed by atoms with Crippen molar-refractivity contribution >= 4 is 0 Å². The van der Waals surface area contributed by atoms with E-state index in [-0.39, 0.29) is 5.60 Å². The van der Waals surface area contributed by atoms with Crippen molar-refractivity contribution in [3.8, 4) is 0 Å². The van der Waals surface area contributed by atoms with Gasteiger partial charge >= 0.3 is 0 Å². The predicted octanol–water partition coefficient (Wildman–Crippen LogP) is 1.16. The summed E-state index contributed by atoms with van der Waals surface area (Å²) in [6.07, 6.45) is 5.68. The van der Waals surface area contributed by atoms with E-state index in [2.05, 4.69) is 5.32 Å². The molecule has 1 heterocycles. The van der Waals surface area contributed by atoms with E-state index in [1.54, 1.807) is 0 Å². The van der Waals surface area contributed by atoms with Crippen LogP contribution in [0.2, 0.25) is 0 Å². The number of nitrogens with one attached hydrogen (secondary N) is 1. The summed E-state index contributed by atoms with van der Waals surface area (Å²) < 4.78 is 6.00. The second kappa shape index (κ2) is 2.46. The second-order valence-electron chi connectivity index (χ2n) is 4.67. The van der Waals surface area contributed by atoms with Crippen molar-refractivity contribution in [3.63, 3.8) is 0 Å². The maximum absolute atomic E-state index is 6.00. The molecule has 2 bridgehead atoms. The van der Waals surface area contributed by atoms with Crippen molar-refractivity contribution in [2.24, 2.45) is 11.8 Å². The minimum absolute atomic E-state index is 0.279. The number of hydrogen-bond acceptors (Lipinski definition) is 2. The molecule has 1 N–H and O–H groups in total. The lowest BCUT2D eigenvalue weighted by Gasteiger charge is -2.41. The van der Waals surface area contributed by atoms with Gasteiger partial charge in [-0.25, -0.2) is 0 Å². The van der Waals surface area contributed by atoms with E-state index in [9.17, 15) is 0 Å². The molecule has 0 aromatic rings. The van der Waals surface area contributed by atoms with Crippen LogP contribution >= 0.6 is 0 Å². The highest BCUT2D eigenvalue weighted by Gasteiger charge is 2.52. The van der Waals surface area contributed by atoms with Gasteiger partial charge in [0.2, 0.25) is 0 Å². The molecular weight excluding hydrogens is 150 g/mol. The van der Waals surface area contributed by atoms with Crippen LogP contribution in [-0.4, -0.2) is 25.3 Å². The first kappa shape index (κ1) is 7.34. The summed E-state index contributed by atoms with van der Waals surface area (Å²) in [7, 11) is 0. The van der Waals surface area contributed by atoms with Crippen molar-refractivity contribution in [3.05, 3.63) is 0 Å². The van der Waals surface area contributed by atoms with E-state index in [1.165, 1.54) is 25.7 Å². The fourth-order valence-electron chi connectivity index (χ4n) is 3.46. The molecule has 1 saturated heterocycles. The summed E-state index contributed by atoms with van der Waals surface area (Å²) >= 11 is 0. The Morgan fingerprint density at radius 1 is 1.33 bits per heavy atom. The van der Waals surface area contributed by atoms with Gasteiger partial charge in [0.1, 0.15) is 0 Å². The van der Waals surface area contributed by atoms with Crippen molar-refractivity contribution < 1.29 is 4.74 Å². The van der Waals surface area contributed by atoms with Gasteiger partial charge < -0.3 is 10.1 Å². The molecule has 12 heavy (non-hydrogen) atoms. The Morgan fingerprint density at radius 3 is 2.92 bits per heavy atom.